The summed E-state index contributed by atoms with van der Waals surface area (Å²) in [6, 6.07) is 6.77. The fourth-order valence-electron chi connectivity index (χ4n) is 4.09. The summed E-state index contributed by atoms with van der Waals surface area (Å²) < 4.78 is 2.52. The number of aromatic nitrogens is 2. The summed E-state index contributed by atoms with van der Waals surface area (Å²) in [7, 11) is 0. The van der Waals surface area contributed by atoms with E-state index >= 15 is 0 Å². The highest BCUT2D eigenvalue weighted by Crippen LogP contribution is 2.38. The minimum Gasteiger partial charge on any atom is -0.399 e. The summed E-state index contributed by atoms with van der Waals surface area (Å²) in [5.41, 5.74) is 9.06. The van der Waals surface area contributed by atoms with E-state index in [4.69, 9.17) is 10.7 Å². The summed E-state index contributed by atoms with van der Waals surface area (Å²) in [6.07, 6.45) is 6.09. The SMILES string of the molecule is CCCc1nc2cc(N)ccc2n1C1CC(C)CC(C)C1. The lowest BCUT2D eigenvalue weighted by Crippen LogP contribution is -2.24. The molecule has 0 saturated heterocycles. The second-order valence-corrected chi connectivity index (χ2v) is 6.97. The van der Waals surface area contributed by atoms with Gasteiger partial charge in [0, 0.05) is 18.2 Å². The Labute approximate surface area is 127 Å². The van der Waals surface area contributed by atoms with E-state index in [2.05, 4.69) is 31.4 Å². The van der Waals surface area contributed by atoms with Gasteiger partial charge in [0.25, 0.3) is 0 Å². The Balaban J connectivity index is 2.08. The largest absolute Gasteiger partial charge is 0.399 e. The predicted molar refractivity (Wildman–Crippen MR) is 89.4 cm³/mol. The van der Waals surface area contributed by atoms with Crippen LogP contribution >= 0.6 is 0 Å². The van der Waals surface area contributed by atoms with Crippen molar-refractivity contribution in [1.29, 1.82) is 0 Å². The van der Waals surface area contributed by atoms with E-state index < -0.39 is 0 Å². The van der Waals surface area contributed by atoms with Crippen LogP contribution in [0.3, 0.4) is 0 Å². The molecule has 0 bridgehead atoms. The van der Waals surface area contributed by atoms with Gasteiger partial charge in [0.2, 0.25) is 0 Å². The first kappa shape index (κ1) is 14.4. The molecule has 0 spiro atoms. The van der Waals surface area contributed by atoms with Gasteiger partial charge < -0.3 is 10.3 Å². The highest BCUT2D eigenvalue weighted by atomic mass is 15.1. The number of imidazole rings is 1. The third kappa shape index (κ3) is 2.78. The van der Waals surface area contributed by atoms with E-state index in [-0.39, 0.29) is 0 Å². The molecule has 1 saturated carbocycles. The smallest absolute Gasteiger partial charge is 0.110 e. The van der Waals surface area contributed by atoms with Gasteiger partial charge in [-0.15, -0.1) is 0 Å². The van der Waals surface area contributed by atoms with Crippen molar-refractivity contribution in [2.24, 2.45) is 11.8 Å². The van der Waals surface area contributed by atoms with Gasteiger partial charge in [-0.3, -0.25) is 0 Å². The molecular formula is C18H27N3. The average molecular weight is 285 g/mol. The van der Waals surface area contributed by atoms with Crippen molar-refractivity contribution >= 4 is 16.7 Å². The zero-order valence-corrected chi connectivity index (χ0v) is 13.5. The van der Waals surface area contributed by atoms with Crippen molar-refractivity contribution in [1.82, 2.24) is 9.55 Å². The van der Waals surface area contributed by atoms with Gasteiger partial charge in [0.1, 0.15) is 5.82 Å². The van der Waals surface area contributed by atoms with Crippen LogP contribution in [0.2, 0.25) is 0 Å². The Bertz CT molecular complexity index is 619. The van der Waals surface area contributed by atoms with Crippen LogP contribution in [-0.2, 0) is 6.42 Å². The van der Waals surface area contributed by atoms with Crippen LogP contribution in [0.25, 0.3) is 11.0 Å². The molecule has 1 aromatic heterocycles. The van der Waals surface area contributed by atoms with Gasteiger partial charge in [-0.2, -0.15) is 0 Å². The van der Waals surface area contributed by atoms with E-state index in [1.165, 1.54) is 30.6 Å². The molecule has 1 heterocycles. The average Bonchev–Trinajstić information content (AvgIpc) is 2.75. The van der Waals surface area contributed by atoms with Crippen LogP contribution in [0.15, 0.2) is 18.2 Å². The van der Waals surface area contributed by atoms with Crippen LogP contribution in [0.5, 0.6) is 0 Å². The molecule has 114 valence electrons. The lowest BCUT2D eigenvalue weighted by atomic mass is 9.80. The number of benzene rings is 1. The molecule has 0 aliphatic heterocycles. The maximum absolute atomic E-state index is 5.93. The number of aryl methyl sites for hydroxylation is 1. The lowest BCUT2D eigenvalue weighted by Gasteiger charge is -2.33. The molecular weight excluding hydrogens is 258 g/mol. The molecule has 3 heteroatoms. The molecule has 0 amide bonds. The number of nitrogens with zero attached hydrogens (tertiary/aromatic N) is 2. The monoisotopic (exact) mass is 285 g/mol. The van der Waals surface area contributed by atoms with Crippen LogP contribution < -0.4 is 5.73 Å². The number of nitrogen functional groups attached to an aromatic ring is 1. The third-order valence-electron chi connectivity index (χ3n) is 4.78. The van der Waals surface area contributed by atoms with Gasteiger partial charge in [-0.25, -0.2) is 4.98 Å². The van der Waals surface area contributed by atoms with Gasteiger partial charge in [-0.1, -0.05) is 20.8 Å². The molecule has 1 fully saturated rings. The third-order valence-corrected chi connectivity index (χ3v) is 4.78. The maximum atomic E-state index is 5.93. The van der Waals surface area contributed by atoms with E-state index in [1.54, 1.807) is 0 Å². The molecule has 21 heavy (non-hydrogen) atoms. The molecule has 3 rings (SSSR count). The Morgan fingerprint density at radius 1 is 1.19 bits per heavy atom. The van der Waals surface area contributed by atoms with Crippen molar-refractivity contribution in [2.75, 3.05) is 5.73 Å². The molecule has 2 N–H and O–H groups in total. The van der Waals surface area contributed by atoms with Gasteiger partial charge in [0.05, 0.1) is 11.0 Å². The summed E-state index contributed by atoms with van der Waals surface area (Å²) in [6.45, 7) is 7.00. The van der Waals surface area contributed by atoms with E-state index in [0.717, 1.165) is 35.9 Å². The van der Waals surface area contributed by atoms with Crippen molar-refractivity contribution in [3.63, 3.8) is 0 Å². The molecule has 3 nitrogen and oxygen atoms in total. The topological polar surface area (TPSA) is 43.8 Å². The Kier molecular flexibility index (Phi) is 3.92. The van der Waals surface area contributed by atoms with Crippen molar-refractivity contribution in [3.05, 3.63) is 24.0 Å². The summed E-state index contributed by atoms with van der Waals surface area (Å²) in [4.78, 5) is 4.87. The number of nitrogens with two attached hydrogens (primary N) is 1. The molecule has 2 unspecified atom stereocenters. The van der Waals surface area contributed by atoms with E-state index in [1.807, 2.05) is 12.1 Å². The quantitative estimate of drug-likeness (QED) is 0.840. The number of fused-ring (bicyclic) bond motifs is 1. The van der Waals surface area contributed by atoms with Crippen LogP contribution in [-0.4, -0.2) is 9.55 Å². The lowest BCUT2D eigenvalue weighted by molar-refractivity contribution is 0.221. The maximum Gasteiger partial charge on any atom is 0.110 e. The molecule has 2 aromatic rings. The Morgan fingerprint density at radius 2 is 1.90 bits per heavy atom. The van der Waals surface area contributed by atoms with E-state index in [0.29, 0.717) is 6.04 Å². The van der Waals surface area contributed by atoms with Gasteiger partial charge in [0.15, 0.2) is 0 Å². The molecule has 2 atom stereocenters. The Hall–Kier alpha value is -1.51. The molecule has 0 radical (unpaired) electrons. The van der Waals surface area contributed by atoms with Gasteiger partial charge >= 0.3 is 0 Å². The highest BCUT2D eigenvalue weighted by Gasteiger charge is 2.27. The van der Waals surface area contributed by atoms with Crippen LogP contribution in [0, 0.1) is 11.8 Å². The normalized spacial score (nSPS) is 26.3. The standard InChI is InChI=1S/C18H27N3/c1-4-5-18-20-16-11-14(19)6-7-17(16)21(18)15-9-12(2)8-13(3)10-15/h6-7,11-13,15H,4-5,8-10,19H2,1-3H3. The fraction of sp³-hybridized carbons (Fsp3) is 0.611. The summed E-state index contributed by atoms with van der Waals surface area (Å²) >= 11 is 0. The summed E-state index contributed by atoms with van der Waals surface area (Å²) in [5.74, 6) is 2.85. The highest BCUT2D eigenvalue weighted by molar-refractivity contribution is 5.79. The van der Waals surface area contributed by atoms with Gasteiger partial charge in [-0.05, 0) is 55.7 Å². The first-order valence-corrected chi connectivity index (χ1v) is 8.34. The number of anilines is 1. The molecule has 1 aromatic carbocycles. The Morgan fingerprint density at radius 3 is 2.57 bits per heavy atom. The zero-order valence-electron chi connectivity index (χ0n) is 13.5. The molecule has 1 aliphatic rings. The predicted octanol–water partition coefficient (Wildman–Crippen LogP) is 4.57. The first-order valence-electron chi connectivity index (χ1n) is 8.34. The van der Waals surface area contributed by atoms with Crippen molar-refractivity contribution in [2.45, 2.75) is 58.9 Å². The van der Waals surface area contributed by atoms with Crippen molar-refractivity contribution < 1.29 is 0 Å². The van der Waals surface area contributed by atoms with Crippen LogP contribution in [0.1, 0.15) is 58.3 Å². The number of hydrogen-bond donors (Lipinski definition) is 1. The number of rotatable bonds is 3. The number of hydrogen-bond acceptors (Lipinski definition) is 2. The minimum absolute atomic E-state index is 0.596. The zero-order chi connectivity index (χ0) is 15.0. The van der Waals surface area contributed by atoms with Crippen LogP contribution in [0.4, 0.5) is 5.69 Å². The van der Waals surface area contributed by atoms with Crippen molar-refractivity contribution in [3.8, 4) is 0 Å². The minimum atomic E-state index is 0.596. The fourth-order valence-corrected chi connectivity index (χ4v) is 4.09. The second-order valence-electron chi connectivity index (χ2n) is 6.97. The molecule has 1 aliphatic carbocycles. The summed E-state index contributed by atoms with van der Waals surface area (Å²) in [5, 5.41) is 0. The van der Waals surface area contributed by atoms with E-state index in [9.17, 15) is 0 Å². The first-order chi connectivity index (χ1) is 10.1. The second kappa shape index (κ2) is 5.70.